The Morgan fingerprint density at radius 3 is 2.78 bits per heavy atom. The molecule has 0 aliphatic carbocycles. The maximum absolute atomic E-state index is 11.6. The summed E-state index contributed by atoms with van der Waals surface area (Å²) in [5.74, 6) is 0.680. The van der Waals surface area contributed by atoms with Gasteiger partial charge < -0.3 is 9.57 Å². The van der Waals surface area contributed by atoms with Crippen LogP contribution in [0.15, 0.2) is 11.8 Å². The number of hydrogen-bond donors (Lipinski definition) is 1. The van der Waals surface area contributed by atoms with Gasteiger partial charge >= 0.3 is 0 Å². The quantitative estimate of drug-likeness (QED) is 0.731. The summed E-state index contributed by atoms with van der Waals surface area (Å²) in [6.07, 6.45) is 4.68. The van der Waals surface area contributed by atoms with Crippen LogP contribution in [0.25, 0.3) is 0 Å². The zero-order valence-electron chi connectivity index (χ0n) is 10.5. The van der Waals surface area contributed by atoms with Crippen molar-refractivity contribution in [2.24, 2.45) is 0 Å². The molecule has 2 aliphatic rings. The summed E-state index contributed by atoms with van der Waals surface area (Å²) in [6, 6.07) is 0. The first kappa shape index (κ1) is 13.0. The van der Waals surface area contributed by atoms with Gasteiger partial charge in [-0.05, 0) is 12.8 Å². The van der Waals surface area contributed by atoms with Crippen LogP contribution < -0.4 is 5.48 Å². The predicted molar refractivity (Wildman–Crippen MR) is 62.9 cm³/mol. The lowest BCUT2D eigenvalue weighted by Gasteiger charge is -2.24. The van der Waals surface area contributed by atoms with Crippen molar-refractivity contribution in [3.63, 3.8) is 0 Å². The molecule has 1 saturated heterocycles. The molecule has 0 radical (unpaired) electrons. The summed E-state index contributed by atoms with van der Waals surface area (Å²) in [5, 5.41) is 0. The molecule has 100 valence electrons. The zero-order chi connectivity index (χ0) is 13.0. The topological polar surface area (TPSA) is 67.9 Å². The highest BCUT2D eigenvalue weighted by Gasteiger charge is 2.25. The van der Waals surface area contributed by atoms with E-state index in [1.54, 1.807) is 7.11 Å². The molecule has 18 heavy (non-hydrogen) atoms. The Hall–Kier alpha value is -1.40. The van der Waals surface area contributed by atoms with Crippen LogP contribution in [0.3, 0.4) is 0 Å². The molecule has 0 aromatic rings. The third-order valence-corrected chi connectivity index (χ3v) is 3.09. The zero-order valence-corrected chi connectivity index (χ0v) is 10.5. The second-order valence-corrected chi connectivity index (χ2v) is 4.41. The van der Waals surface area contributed by atoms with Gasteiger partial charge in [0.1, 0.15) is 5.76 Å². The predicted octanol–water partition coefficient (Wildman–Crippen LogP) is 0.697. The lowest BCUT2D eigenvalue weighted by Crippen LogP contribution is -2.40. The number of imide groups is 1. The van der Waals surface area contributed by atoms with E-state index >= 15 is 0 Å². The molecule has 0 spiro atoms. The van der Waals surface area contributed by atoms with E-state index in [1.807, 2.05) is 6.08 Å². The van der Waals surface area contributed by atoms with Crippen molar-refractivity contribution >= 4 is 11.8 Å². The van der Waals surface area contributed by atoms with Crippen LogP contribution in [0.2, 0.25) is 0 Å². The molecular weight excluding hydrogens is 236 g/mol. The maximum Gasteiger partial charge on any atom is 0.229 e. The van der Waals surface area contributed by atoms with Crippen LogP contribution in [-0.2, 0) is 19.2 Å². The number of amides is 2. The molecule has 6 heteroatoms. The van der Waals surface area contributed by atoms with Gasteiger partial charge in [-0.25, -0.2) is 0 Å². The van der Waals surface area contributed by atoms with Crippen molar-refractivity contribution in [2.45, 2.75) is 38.3 Å². The second kappa shape index (κ2) is 5.97. The van der Waals surface area contributed by atoms with Crippen LogP contribution in [0, 0.1) is 0 Å². The van der Waals surface area contributed by atoms with Crippen LogP contribution in [0.4, 0.5) is 0 Å². The highest BCUT2D eigenvalue weighted by molar-refractivity contribution is 5.97. The number of methoxy groups -OCH3 is 1. The largest absolute Gasteiger partial charge is 0.411 e. The first-order valence-electron chi connectivity index (χ1n) is 6.20. The Labute approximate surface area is 106 Å². The smallest absolute Gasteiger partial charge is 0.229 e. The average molecular weight is 254 g/mol. The Morgan fingerprint density at radius 1 is 1.44 bits per heavy atom. The summed E-state index contributed by atoms with van der Waals surface area (Å²) < 4.78 is 5.04. The Balaban J connectivity index is 1.75. The molecule has 0 aromatic carbocycles. The minimum Gasteiger partial charge on any atom is -0.411 e. The summed E-state index contributed by atoms with van der Waals surface area (Å²) in [5.41, 5.74) is 2.70. The number of likely N-dealkylation sites (tertiary alicyclic amines) is 1. The van der Waals surface area contributed by atoms with Crippen LogP contribution in [0.1, 0.15) is 32.1 Å². The molecule has 6 nitrogen and oxygen atoms in total. The van der Waals surface area contributed by atoms with Gasteiger partial charge in [-0.2, -0.15) is 0 Å². The van der Waals surface area contributed by atoms with Gasteiger partial charge in [0.15, 0.2) is 6.23 Å². The molecule has 1 atom stereocenters. The highest BCUT2D eigenvalue weighted by atomic mass is 16.7. The standard InChI is InChI=1S/C12H18N2O4/c1-17-10-8-9(18-13-10)4-3-7-14-11(15)5-2-6-12(14)16/h8,10,13H,2-7H2,1H3. The third-order valence-electron chi connectivity index (χ3n) is 3.09. The Morgan fingerprint density at radius 2 is 2.17 bits per heavy atom. The van der Waals surface area contributed by atoms with Gasteiger partial charge in [0.2, 0.25) is 11.8 Å². The van der Waals surface area contributed by atoms with Gasteiger partial charge in [-0.1, -0.05) is 0 Å². The molecule has 1 unspecified atom stereocenters. The van der Waals surface area contributed by atoms with E-state index in [4.69, 9.17) is 9.57 Å². The second-order valence-electron chi connectivity index (χ2n) is 4.41. The van der Waals surface area contributed by atoms with E-state index in [-0.39, 0.29) is 18.0 Å². The fourth-order valence-electron chi connectivity index (χ4n) is 2.08. The number of hydrogen-bond acceptors (Lipinski definition) is 5. The average Bonchev–Trinajstić information content (AvgIpc) is 2.81. The number of allylic oxidation sites excluding steroid dienone is 1. The number of nitrogens with one attached hydrogen (secondary N) is 1. The molecule has 0 aromatic heterocycles. The SMILES string of the molecule is COC1C=C(CCCN2C(=O)CCCC2=O)ON1. The van der Waals surface area contributed by atoms with Crippen molar-refractivity contribution < 1.29 is 19.2 Å². The van der Waals surface area contributed by atoms with Crippen molar-refractivity contribution in [2.75, 3.05) is 13.7 Å². The number of carbonyl (C=O) groups excluding carboxylic acids is 2. The molecule has 0 bridgehead atoms. The van der Waals surface area contributed by atoms with Crippen molar-refractivity contribution in [1.82, 2.24) is 10.4 Å². The van der Waals surface area contributed by atoms with E-state index in [2.05, 4.69) is 5.48 Å². The molecule has 2 heterocycles. The van der Waals surface area contributed by atoms with Crippen molar-refractivity contribution in [1.29, 1.82) is 0 Å². The molecule has 1 fully saturated rings. The molecule has 2 amide bonds. The first-order chi connectivity index (χ1) is 8.70. The number of hydroxylamine groups is 1. The summed E-state index contributed by atoms with van der Waals surface area (Å²) in [6.45, 7) is 0.468. The number of nitrogens with zero attached hydrogens (tertiary/aromatic N) is 1. The van der Waals surface area contributed by atoms with E-state index in [0.717, 1.165) is 5.76 Å². The van der Waals surface area contributed by atoms with Crippen molar-refractivity contribution in [3.8, 4) is 0 Å². The van der Waals surface area contributed by atoms with Gasteiger partial charge in [-0.3, -0.25) is 14.5 Å². The lowest BCUT2D eigenvalue weighted by atomic mass is 10.1. The monoisotopic (exact) mass is 254 g/mol. The van der Waals surface area contributed by atoms with E-state index < -0.39 is 0 Å². The first-order valence-corrected chi connectivity index (χ1v) is 6.20. The molecule has 1 N–H and O–H groups in total. The number of carbonyl (C=O) groups is 2. The Bertz CT molecular complexity index is 351. The number of ether oxygens (including phenoxy) is 1. The summed E-state index contributed by atoms with van der Waals surface area (Å²) in [7, 11) is 1.59. The summed E-state index contributed by atoms with van der Waals surface area (Å²) >= 11 is 0. The molecule has 0 saturated carbocycles. The van der Waals surface area contributed by atoms with Gasteiger partial charge in [0, 0.05) is 39.0 Å². The minimum atomic E-state index is -0.210. The highest BCUT2D eigenvalue weighted by Crippen LogP contribution is 2.16. The molecule has 2 rings (SSSR count). The number of rotatable bonds is 5. The van der Waals surface area contributed by atoms with Gasteiger partial charge in [0.25, 0.3) is 0 Å². The summed E-state index contributed by atoms with van der Waals surface area (Å²) in [4.78, 5) is 29.7. The van der Waals surface area contributed by atoms with Crippen LogP contribution in [0.5, 0.6) is 0 Å². The lowest BCUT2D eigenvalue weighted by molar-refractivity contribution is -0.148. The fraction of sp³-hybridized carbons (Fsp3) is 0.667. The number of piperidine rings is 1. The van der Waals surface area contributed by atoms with Crippen LogP contribution >= 0.6 is 0 Å². The maximum atomic E-state index is 11.6. The third kappa shape index (κ3) is 3.08. The van der Waals surface area contributed by atoms with Gasteiger partial charge in [-0.15, -0.1) is 5.48 Å². The van der Waals surface area contributed by atoms with Crippen molar-refractivity contribution in [3.05, 3.63) is 11.8 Å². The van der Waals surface area contributed by atoms with E-state index in [9.17, 15) is 9.59 Å². The molecular formula is C12H18N2O4. The van der Waals surface area contributed by atoms with E-state index in [1.165, 1.54) is 4.90 Å². The Kier molecular flexibility index (Phi) is 4.33. The van der Waals surface area contributed by atoms with Crippen LogP contribution in [-0.4, -0.2) is 36.6 Å². The molecule has 2 aliphatic heterocycles. The van der Waals surface area contributed by atoms with Gasteiger partial charge in [0.05, 0.1) is 0 Å². The normalized spacial score (nSPS) is 24.2. The fourth-order valence-corrected chi connectivity index (χ4v) is 2.08. The van der Waals surface area contributed by atoms with E-state index in [0.29, 0.717) is 38.6 Å². The minimum absolute atomic E-state index is 0.0551.